The molecule has 0 aliphatic carbocycles. The third-order valence-corrected chi connectivity index (χ3v) is 5.78. The van der Waals surface area contributed by atoms with Gasteiger partial charge in [-0.05, 0) is 49.6 Å². The summed E-state index contributed by atoms with van der Waals surface area (Å²) in [5.74, 6) is 0. The van der Waals surface area contributed by atoms with Gasteiger partial charge in [-0.3, -0.25) is 9.69 Å². The average molecular weight is 394 g/mol. The summed E-state index contributed by atoms with van der Waals surface area (Å²) in [6.45, 7) is 1.07. The molecule has 1 atom stereocenters. The fourth-order valence-corrected chi connectivity index (χ4v) is 4.53. The Morgan fingerprint density at radius 1 is 0.840 bits per heavy atom. The van der Waals surface area contributed by atoms with E-state index in [-0.39, 0.29) is 0 Å². The average Bonchev–Trinajstić information content (AvgIpc) is 3.27. The van der Waals surface area contributed by atoms with Crippen molar-refractivity contribution in [1.29, 1.82) is 0 Å². The van der Waals surface area contributed by atoms with Gasteiger partial charge in [0.05, 0.1) is 11.0 Å². The molecule has 4 heteroatoms. The van der Waals surface area contributed by atoms with Gasteiger partial charge in [-0.15, -0.1) is 0 Å². The lowest BCUT2D eigenvalue weighted by molar-refractivity contribution is 0.319. The van der Waals surface area contributed by atoms with Crippen LogP contribution < -0.4 is 5.01 Å². The predicted octanol–water partition coefficient (Wildman–Crippen LogP) is 5.68. The maximum atomic E-state index is 3.66. The molecular formula is C21H20BrN3. The van der Waals surface area contributed by atoms with E-state index in [2.05, 4.69) is 97.2 Å². The molecule has 0 spiro atoms. The highest BCUT2D eigenvalue weighted by Gasteiger charge is 2.26. The molecule has 25 heavy (non-hydrogen) atoms. The van der Waals surface area contributed by atoms with Crippen LogP contribution in [-0.2, 0) is 0 Å². The van der Waals surface area contributed by atoms with E-state index >= 15 is 0 Å². The minimum Gasteiger partial charge on any atom is -0.332 e. The first-order valence-electron chi connectivity index (χ1n) is 8.91. The number of rotatable bonds is 2. The van der Waals surface area contributed by atoms with Crippen molar-refractivity contribution in [3.63, 3.8) is 0 Å². The Morgan fingerprint density at radius 2 is 1.64 bits per heavy atom. The van der Waals surface area contributed by atoms with Gasteiger partial charge in [-0.1, -0.05) is 40.2 Å². The van der Waals surface area contributed by atoms with Gasteiger partial charge in [0, 0.05) is 34.2 Å². The summed E-state index contributed by atoms with van der Waals surface area (Å²) in [5, 5.41) is 5.18. The highest BCUT2D eigenvalue weighted by molar-refractivity contribution is 9.10. The Hall–Kier alpha value is -2.20. The molecule has 5 rings (SSSR count). The van der Waals surface area contributed by atoms with Gasteiger partial charge in [0.1, 0.15) is 6.17 Å². The fraction of sp³-hybridized carbons (Fsp3) is 0.238. The number of para-hydroxylation sites is 1. The van der Waals surface area contributed by atoms with Crippen molar-refractivity contribution in [2.24, 2.45) is 0 Å². The number of hydrogen-bond acceptors (Lipinski definition) is 1. The van der Waals surface area contributed by atoms with E-state index in [1.165, 1.54) is 41.1 Å². The van der Waals surface area contributed by atoms with Crippen molar-refractivity contribution >= 4 is 37.7 Å². The molecule has 1 aliphatic heterocycles. The predicted molar refractivity (Wildman–Crippen MR) is 108 cm³/mol. The fourth-order valence-electron chi connectivity index (χ4n) is 4.18. The number of benzene rings is 2. The Labute approximate surface area is 155 Å². The van der Waals surface area contributed by atoms with E-state index in [1.54, 1.807) is 0 Å². The summed E-state index contributed by atoms with van der Waals surface area (Å²) in [7, 11) is 0. The normalized spacial score (nSPS) is 18.3. The van der Waals surface area contributed by atoms with E-state index in [9.17, 15) is 0 Å². The van der Waals surface area contributed by atoms with Crippen LogP contribution in [0.15, 0.2) is 71.5 Å². The van der Waals surface area contributed by atoms with Crippen LogP contribution in [0.5, 0.6) is 0 Å². The lowest BCUT2D eigenvalue weighted by atomic mass is 10.1. The third-order valence-electron chi connectivity index (χ3n) is 5.28. The van der Waals surface area contributed by atoms with E-state index in [0.717, 1.165) is 11.0 Å². The molecule has 0 amide bonds. The molecule has 2 aromatic carbocycles. The number of piperidine rings is 1. The van der Waals surface area contributed by atoms with Crippen LogP contribution in [0.2, 0.25) is 0 Å². The van der Waals surface area contributed by atoms with Crippen LogP contribution in [0.4, 0.5) is 0 Å². The first-order valence-corrected chi connectivity index (χ1v) is 9.70. The summed E-state index contributed by atoms with van der Waals surface area (Å²) in [4.78, 5) is 0. The molecular weight excluding hydrogens is 374 g/mol. The second-order valence-corrected chi connectivity index (χ2v) is 7.68. The van der Waals surface area contributed by atoms with Crippen molar-refractivity contribution in [3.8, 4) is 0 Å². The van der Waals surface area contributed by atoms with Gasteiger partial charge in [-0.2, -0.15) is 0 Å². The molecule has 0 N–H and O–H groups in total. The molecule has 3 heterocycles. The van der Waals surface area contributed by atoms with Crippen molar-refractivity contribution < 1.29 is 0 Å². The summed E-state index contributed by atoms with van der Waals surface area (Å²) < 4.78 is 5.91. The highest BCUT2D eigenvalue weighted by Crippen LogP contribution is 2.35. The number of hydrogen-bond donors (Lipinski definition) is 0. The number of halogens is 1. The Balaban J connectivity index is 1.78. The Kier molecular flexibility index (Phi) is 3.59. The quantitative estimate of drug-likeness (QED) is 0.426. The summed E-state index contributed by atoms with van der Waals surface area (Å²) >= 11 is 3.66. The molecule has 4 aromatic rings. The maximum absolute atomic E-state index is 3.66. The molecule has 126 valence electrons. The van der Waals surface area contributed by atoms with Crippen molar-refractivity contribution in [1.82, 2.24) is 9.24 Å². The van der Waals surface area contributed by atoms with Crippen LogP contribution in [0, 0.1) is 0 Å². The second-order valence-electron chi connectivity index (χ2n) is 6.76. The van der Waals surface area contributed by atoms with Gasteiger partial charge in [0.2, 0.25) is 0 Å². The zero-order chi connectivity index (χ0) is 16.8. The zero-order valence-corrected chi connectivity index (χ0v) is 15.6. The number of aromatic nitrogens is 2. The smallest absolute Gasteiger partial charge is 0.120 e. The van der Waals surface area contributed by atoms with Crippen molar-refractivity contribution in [3.05, 3.63) is 71.5 Å². The SMILES string of the molecule is Brc1ccc2c3ccccc3n(N3CCCCC3n3cccc3)c2c1. The first kappa shape index (κ1) is 15.1. The monoisotopic (exact) mass is 393 g/mol. The number of fused-ring (bicyclic) bond motifs is 3. The van der Waals surface area contributed by atoms with Crippen LogP contribution >= 0.6 is 15.9 Å². The van der Waals surface area contributed by atoms with Crippen LogP contribution in [-0.4, -0.2) is 15.8 Å². The van der Waals surface area contributed by atoms with Gasteiger partial charge in [-0.25, -0.2) is 0 Å². The second kappa shape index (κ2) is 5.95. The highest BCUT2D eigenvalue weighted by atomic mass is 79.9. The van der Waals surface area contributed by atoms with E-state index < -0.39 is 0 Å². The Bertz CT molecular complexity index is 1030. The van der Waals surface area contributed by atoms with Gasteiger partial charge >= 0.3 is 0 Å². The molecule has 1 unspecified atom stereocenters. The van der Waals surface area contributed by atoms with E-state index in [1.807, 2.05) is 0 Å². The summed E-state index contributed by atoms with van der Waals surface area (Å²) in [6.07, 6.45) is 8.43. The molecule has 2 aromatic heterocycles. The summed E-state index contributed by atoms with van der Waals surface area (Å²) in [6, 6.07) is 19.6. The van der Waals surface area contributed by atoms with E-state index in [4.69, 9.17) is 0 Å². The largest absolute Gasteiger partial charge is 0.332 e. The number of nitrogens with zero attached hydrogens (tertiary/aromatic N) is 3. The van der Waals surface area contributed by atoms with Crippen LogP contribution in [0.25, 0.3) is 21.8 Å². The molecule has 0 bridgehead atoms. The molecule has 3 nitrogen and oxygen atoms in total. The molecule has 0 saturated carbocycles. The van der Waals surface area contributed by atoms with Crippen LogP contribution in [0.1, 0.15) is 25.4 Å². The van der Waals surface area contributed by atoms with Gasteiger partial charge in [0.15, 0.2) is 0 Å². The maximum Gasteiger partial charge on any atom is 0.120 e. The standard InChI is InChI=1S/C21H20BrN3/c22-16-10-11-18-17-7-1-2-8-19(17)25(20(18)15-16)24-14-4-3-9-21(24)23-12-5-6-13-23/h1-2,5-8,10-13,15,21H,3-4,9,14H2. The van der Waals surface area contributed by atoms with Crippen LogP contribution in [0.3, 0.4) is 0 Å². The molecule has 0 radical (unpaired) electrons. The topological polar surface area (TPSA) is 13.1 Å². The summed E-state index contributed by atoms with van der Waals surface area (Å²) in [5.41, 5.74) is 2.56. The first-order chi connectivity index (χ1) is 12.3. The minimum atomic E-state index is 0.363. The zero-order valence-electron chi connectivity index (χ0n) is 14.0. The minimum absolute atomic E-state index is 0.363. The lowest BCUT2D eigenvalue weighted by Crippen LogP contribution is -2.43. The van der Waals surface area contributed by atoms with Crippen molar-refractivity contribution in [2.45, 2.75) is 25.4 Å². The molecule has 1 fully saturated rings. The van der Waals surface area contributed by atoms with E-state index in [0.29, 0.717) is 6.17 Å². The van der Waals surface area contributed by atoms with Crippen molar-refractivity contribution in [2.75, 3.05) is 11.6 Å². The third kappa shape index (κ3) is 2.39. The van der Waals surface area contributed by atoms with Gasteiger partial charge in [0.25, 0.3) is 0 Å². The molecule has 1 saturated heterocycles. The van der Waals surface area contributed by atoms with Gasteiger partial charge < -0.3 is 4.57 Å². The lowest BCUT2D eigenvalue weighted by Gasteiger charge is -2.39. The molecule has 1 aliphatic rings. The Morgan fingerprint density at radius 3 is 2.52 bits per heavy atom.